The highest BCUT2D eigenvalue weighted by Gasteiger charge is 2.07. The van der Waals surface area contributed by atoms with E-state index < -0.39 is 0 Å². The third-order valence-electron chi connectivity index (χ3n) is 2.96. The molecule has 2 rings (SSSR count). The van der Waals surface area contributed by atoms with Gasteiger partial charge in [-0.05, 0) is 17.7 Å². The maximum absolute atomic E-state index is 5.72. The Labute approximate surface area is 125 Å². The van der Waals surface area contributed by atoms with Gasteiger partial charge in [-0.2, -0.15) is 0 Å². The Balaban J connectivity index is 1.96. The molecule has 1 heterocycles. The van der Waals surface area contributed by atoms with Crippen molar-refractivity contribution in [1.29, 1.82) is 0 Å². The Bertz CT molecular complexity index is 413. The van der Waals surface area contributed by atoms with Crippen molar-refractivity contribution in [3.63, 3.8) is 0 Å². The van der Waals surface area contributed by atoms with Crippen molar-refractivity contribution in [3.8, 4) is 11.5 Å². The molecule has 6 nitrogen and oxygen atoms in total. The highest BCUT2D eigenvalue weighted by Crippen LogP contribution is 2.28. The molecule has 0 saturated carbocycles. The van der Waals surface area contributed by atoms with Crippen LogP contribution >= 0.6 is 0 Å². The highest BCUT2D eigenvalue weighted by molar-refractivity contribution is 5.43. The van der Waals surface area contributed by atoms with E-state index in [-0.39, 0.29) is 0 Å². The predicted octanol–water partition coefficient (Wildman–Crippen LogP) is 0.966. The molecule has 0 aliphatic carbocycles. The van der Waals surface area contributed by atoms with Crippen LogP contribution in [0, 0.1) is 0 Å². The third-order valence-corrected chi connectivity index (χ3v) is 2.96. The maximum atomic E-state index is 5.72. The van der Waals surface area contributed by atoms with Crippen LogP contribution in [0.1, 0.15) is 5.56 Å². The van der Waals surface area contributed by atoms with E-state index in [1.54, 1.807) is 0 Å². The number of nitrogens with two attached hydrogens (primary N) is 1. The second-order valence-corrected chi connectivity index (χ2v) is 4.52. The Hall–Kier alpha value is -1.34. The standard InChI is InChI=1S/C15H23NO5/c16-12-13-1-2-14-15(11-13)21-10-8-19-6-4-17-3-5-18-7-9-20-14/h1-2,11H,3-10,12,16H2. The maximum Gasteiger partial charge on any atom is 0.161 e. The van der Waals surface area contributed by atoms with Gasteiger partial charge in [0.05, 0.1) is 39.6 Å². The Morgan fingerprint density at radius 3 is 1.81 bits per heavy atom. The van der Waals surface area contributed by atoms with E-state index in [4.69, 9.17) is 29.4 Å². The second kappa shape index (κ2) is 9.57. The molecule has 6 heteroatoms. The van der Waals surface area contributed by atoms with E-state index in [9.17, 15) is 0 Å². The summed E-state index contributed by atoms with van der Waals surface area (Å²) in [6, 6.07) is 5.71. The van der Waals surface area contributed by atoms with Crippen LogP contribution < -0.4 is 15.2 Å². The van der Waals surface area contributed by atoms with Crippen molar-refractivity contribution in [2.75, 3.05) is 52.9 Å². The number of hydrogen-bond acceptors (Lipinski definition) is 6. The van der Waals surface area contributed by atoms with Gasteiger partial charge in [-0.3, -0.25) is 0 Å². The van der Waals surface area contributed by atoms with Crippen molar-refractivity contribution in [2.45, 2.75) is 6.54 Å². The van der Waals surface area contributed by atoms with E-state index in [2.05, 4.69) is 0 Å². The SMILES string of the molecule is NCc1ccc2c(c1)OCCOCCOCCOCCO2. The highest BCUT2D eigenvalue weighted by atomic mass is 16.6. The lowest BCUT2D eigenvalue weighted by molar-refractivity contribution is 0.00708. The van der Waals surface area contributed by atoms with Crippen LogP contribution in [0.4, 0.5) is 0 Å². The first kappa shape index (κ1) is 16.0. The molecule has 118 valence electrons. The van der Waals surface area contributed by atoms with Gasteiger partial charge in [-0.1, -0.05) is 6.07 Å². The van der Waals surface area contributed by atoms with Crippen LogP contribution in [0.3, 0.4) is 0 Å². The Kier molecular flexibility index (Phi) is 7.31. The molecule has 0 unspecified atom stereocenters. The normalized spacial score (nSPS) is 18.5. The van der Waals surface area contributed by atoms with Crippen LogP contribution in [-0.2, 0) is 20.8 Å². The molecule has 0 atom stereocenters. The average molecular weight is 297 g/mol. The summed E-state index contributed by atoms with van der Waals surface area (Å²) < 4.78 is 27.6. The first-order valence-corrected chi connectivity index (χ1v) is 7.22. The van der Waals surface area contributed by atoms with Gasteiger partial charge in [0, 0.05) is 6.54 Å². The molecule has 0 spiro atoms. The number of benzene rings is 1. The summed E-state index contributed by atoms with van der Waals surface area (Å²) in [5.74, 6) is 1.38. The lowest BCUT2D eigenvalue weighted by atomic mass is 10.2. The van der Waals surface area contributed by atoms with E-state index in [0.29, 0.717) is 70.9 Å². The van der Waals surface area contributed by atoms with E-state index in [1.807, 2.05) is 18.2 Å². The lowest BCUT2D eigenvalue weighted by Crippen LogP contribution is -2.13. The first-order chi connectivity index (χ1) is 10.4. The summed E-state index contributed by atoms with van der Waals surface area (Å²) >= 11 is 0. The minimum atomic E-state index is 0.459. The van der Waals surface area contributed by atoms with Crippen LogP contribution in [0.25, 0.3) is 0 Å². The van der Waals surface area contributed by atoms with Gasteiger partial charge in [-0.15, -0.1) is 0 Å². The monoisotopic (exact) mass is 297 g/mol. The minimum Gasteiger partial charge on any atom is -0.487 e. The van der Waals surface area contributed by atoms with Gasteiger partial charge in [0.2, 0.25) is 0 Å². The van der Waals surface area contributed by atoms with Crippen molar-refractivity contribution in [2.24, 2.45) is 5.73 Å². The van der Waals surface area contributed by atoms with E-state index in [0.717, 1.165) is 5.56 Å². The molecule has 0 aromatic heterocycles. The van der Waals surface area contributed by atoms with Gasteiger partial charge < -0.3 is 29.4 Å². The van der Waals surface area contributed by atoms with E-state index in [1.165, 1.54) is 0 Å². The summed E-state index contributed by atoms with van der Waals surface area (Å²) in [4.78, 5) is 0. The van der Waals surface area contributed by atoms with Crippen LogP contribution in [0.2, 0.25) is 0 Å². The number of rotatable bonds is 1. The van der Waals surface area contributed by atoms with Crippen molar-refractivity contribution in [3.05, 3.63) is 23.8 Å². The largest absolute Gasteiger partial charge is 0.487 e. The van der Waals surface area contributed by atoms with Gasteiger partial charge in [0.15, 0.2) is 11.5 Å². The summed E-state index contributed by atoms with van der Waals surface area (Å²) in [6.45, 7) is 4.64. The van der Waals surface area contributed by atoms with Crippen LogP contribution in [0.15, 0.2) is 18.2 Å². The molecule has 1 aliphatic rings. The molecule has 1 aromatic carbocycles. The zero-order valence-corrected chi connectivity index (χ0v) is 12.2. The average Bonchev–Trinajstić information content (AvgIpc) is 2.52. The number of hydrogen-bond donors (Lipinski definition) is 1. The quantitative estimate of drug-likeness (QED) is 0.832. The summed E-state index contributed by atoms with van der Waals surface area (Å²) in [7, 11) is 0. The molecule has 1 aromatic rings. The van der Waals surface area contributed by atoms with Crippen molar-refractivity contribution < 1.29 is 23.7 Å². The minimum absolute atomic E-state index is 0.459. The number of fused-ring (bicyclic) bond motifs is 1. The molecular weight excluding hydrogens is 274 g/mol. The number of ether oxygens (including phenoxy) is 5. The van der Waals surface area contributed by atoms with Crippen molar-refractivity contribution in [1.82, 2.24) is 0 Å². The summed E-state index contributed by atoms with van der Waals surface area (Å²) in [5, 5.41) is 0. The molecular formula is C15H23NO5. The van der Waals surface area contributed by atoms with Gasteiger partial charge >= 0.3 is 0 Å². The second-order valence-electron chi connectivity index (χ2n) is 4.52. The van der Waals surface area contributed by atoms with Crippen LogP contribution in [0.5, 0.6) is 11.5 Å². The van der Waals surface area contributed by atoms with Gasteiger partial charge in [0.25, 0.3) is 0 Å². The van der Waals surface area contributed by atoms with Gasteiger partial charge in [0.1, 0.15) is 13.2 Å². The molecule has 21 heavy (non-hydrogen) atoms. The third kappa shape index (κ3) is 5.89. The molecule has 0 radical (unpaired) electrons. The Morgan fingerprint density at radius 2 is 1.24 bits per heavy atom. The Morgan fingerprint density at radius 1 is 0.714 bits per heavy atom. The predicted molar refractivity (Wildman–Crippen MR) is 77.8 cm³/mol. The summed E-state index contributed by atoms with van der Waals surface area (Å²) in [6.07, 6.45) is 0. The topological polar surface area (TPSA) is 72.2 Å². The van der Waals surface area contributed by atoms with Gasteiger partial charge in [-0.25, -0.2) is 0 Å². The lowest BCUT2D eigenvalue weighted by Gasteiger charge is -2.14. The van der Waals surface area contributed by atoms with E-state index >= 15 is 0 Å². The molecule has 0 bridgehead atoms. The molecule has 0 amide bonds. The molecule has 0 fully saturated rings. The molecule has 1 aliphatic heterocycles. The fourth-order valence-electron chi connectivity index (χ4n) is 1.87. The summed E-state index contributed by atoms with van der Waals surface area (Å²) in [5.41, 5.74) is 6.66. The smallest absolute Gasteiger partial charge is 0.161 e. The molecule has 0 saturated heterocycles. The first-order valence-electron chi connectivity index (χ1n) is 7.22. The zero-order chi connectivity index (χ0) is 14.8. The zero-order valence-electron chi connectivity index (χ0n) is 12.2. The van der Waals surface area contributed by atoms with Crippen molar-refractivity contribution >= 4 is 0 Å². The molecule has 2 N–H and O–H groups in total. The van der Waals surface area contributed by atoms with Crippen LogP contribution in [-0.4, -0.2) is 52.9 Å². The fourth-order valence-corrected chi connectivity index (χ4v) is 1.87. The fraction of sp³-hybridized carbons (Fsp3) is 0.600.